The lowest BCUT2D eigenvalue weighted by atomic mass is 10.0. The summed E-state index contributed by atoms with van der Waals surface area (Å²) >= 11 is 0. The van der Waals surface area contributed by atoms with Crippen LogP contribution in [0.5, 0.6) is 0 Å². The number of fused-ring (bicyclic) bond motifs is 1. The van der Waals surface area contributed by atoms with Crippen molar-refractivity contribution in [1.82, 2.24) is 5.32 Å². The van der Waals surface area contributed by atoms with Crippen LogP contribution in [0.2, 0.25) is 0 Å². The number of nitrogens with one attached hydrogen (secondary N) is 1. The number of amides is 1. The molecule has 0 fully saturated rings. The molecule has 3 nitrogen and oxygen atoms in total. The first-order valence-electron chi connectivity index (χ1n) is 6.22. The molecule has 0 aromatic heterocycles. The molecule has 0 aliphatic heterocycles. The third-order valence-electron chi connectivity index (χ3n) is 3.11. The van der Waals surface area contributed by atoms with Crippen molar-refractivity contribution in [2.24, 2.45) is 5.73 Å². The maximum absolute atomic E-state index is 11.6. The minimum atomic E-state index is -0.417. The van der Waals surface area contributed by atoms with Crippen molar-refractivity contribution in [3.05, 3.63) is 48.0 Å². The van der Waals surface area contributed by atoms with Crippen molar-refractivity contribution >= 4 is 16.7 Å². The van der Waals surface area contributed by atoms with E-state index in [0.717, 1.165) is 5.56 Å². The van der Waals surface area contributed by atoms with Crippen molar-refractivity contribution in [2.75, 3.05) is 0 Å². The predicted molar refractivity (Wildman–Crippen MR) is 74.1 cm³/mol. The first-order chi connectivity index (χ1) is 8.72. The number of benzene rings is 2. The molecule has 1 amide bonds. The molecule has 2 aromatic rings. The number of rotatable bonds is 4. The van der Waals surface area contributed by atoms with Crippen molar-refractivity contribution in [1.29, 1.82) is 0 Å². The number of hydrogen-bond acceptors (Lipinski definition) is 2. The van der Waals surface area contributed by atoms with E-state index in [1.165, 1.54) is 10.8 Å². The largest absolute Gasteiger partial charge is 0.351 e. The summed E-state index contributed by atoms with van der Waals surface area (Å²) in [5, 5.41) is 5.23. The van der Waals surface area contributed by atoms with Gasteiger partial charge in [0.2, 0.25) is 5.91 Å². The highest BCUT2D eigenvalue weighted by Gasteiger charge is 2.10. The van der Waals surface area contributed by atoms with Crippen LogP contribution in [0.3, 0.4) is 0 Å². The van der Waals surface area contributed by atoms with E-state index in [2.05, 4.69) is 23.5 Å². The van der Waals surface area contributed by atoms with Crippen LogP contribution in [0.25, 0.3) is 10.8 Å². The Morgan fingerprint density at radius 1 is 1.22 bits per heavy atom. The maximum atomic E-state index is 11.6. The van der Waals surface area contributed by atoms with Gasteiger partial charge in [0.15, 0.2) is 0 Å². The van der Waals surface area contributed by atoms with Crippen LogP contribution >= 0.6 is 0 Å². The van der Waals surface area contributed by atoms with Crippen LogP contribution in [0, 0.1) is 0 Å². The van der Waals surface area contributed by atoms with Crippen LogP contribution in [-0.4, -0.2) is 11.9 Å². The van der Waals surface area contributed by atoms with Gasteiger partial charge in [-0.1, -0.05) is 49.4 Å². The lowest BCUT2D eigenvalue weighted by molar-refractivity contribution is -0.122. The van der Waals surface area contributed by atoms with Crippen LogP contribution in [0.15, 0.2) is 42.5 Å². The topological polar surface area (TPSA) is 55.1 Å². The normalized spacial score (nSPS) is 12.3. The summed E-state index contributed by atoms with van der Waals surface area (Å²) in [5.41, 5.74) is 6.80. The average Bonchev–Trinajstić information content (AvgIpc) is 2.43. The van der Waals surface area contributed by atoms with Gasteiger partial charge in [-0.2, -0.15) is 0 Å². The van der Waals surface area contributed by atoms with Gasteiger partial charge in [-0.05, 0) is 22.8 Å². The molecule has 0 saturated heterocycles. The monoisotopic (exact) mass is 242 g/mol. The van der Waals surface area contributed by atoms with Gasteiger partial charge in [0, 0.05) is 6.54 Å². The quantitative estimate of drug-likeness (QED) is 0.863. The summed E-state index contributed by atoms with van der Waals surface area (Å²) in [6, 6.07) is 13.8. The molecule has 0 saturated carbocycles. The molecule has 0 spiro atoms. The molecule has 1 unspecified atom stereocenters. The summed E-state index contributed by atoms with van der Waals surface area (Å²) in [7, 11) is 0. The van der Waals surface area contributed by atoms with Crippen molar-refractivity contribution in [3.63, 3.8) is 0 Å². The second kappa shape index (κ2) is 5.65. The van der Waals surface area contributed by atoms with Gasteiger partial charge >= 0.3 is 0 Å². The zero-order valence-corrected chi connectivity index (χ0v) is 10.5. The van der Waals surface area contributed by atoms with Gasteiger partial charge in [-0.15, -0.1) is 0 Å². The first-order valence-corrected chi connectivity index (χ1v) is 6.22. The molecule has 2 aromatic carbocycles. The highest BCUT2D eigenvalue weighted by Crippen LogP contribution is 2.18. The second-order valence-corrected chi connectivity index (χ2v) is 4.37. The number of carbonyl (C=O) groups is 1. The Balaban J connectivity index is 2.15. The molecule has 2 rings (SSSR count). The summed E-state index contributed by atoms with van der Waals surface area (Å²) in [6.45, 7) is 2.43. The van der Waals surface area contributed by atoms with Crippen molar-refractivity contribution in [2.45, 2.75) is 25.9 Å². The molecule has 3 N–H and O–H groups in total. The van der Waals surface area contributed by atoms with E-state index in [1.807, 2.05) is 31.2 Å². The third kappa shape index (κ3) is 2.68. The van der Waals surface area contributed by atoms with E-state index < -0.39 is 6.04 Å². The Bertz CT molecular complexity index is 546. The van der Waals surface area contributed by atoms with Gasteiger partial charge < -0.3 is 11.1 Å². The highest BCUT2D eigenvalue weighted by atomic mass is 16.2. The number of hydrogen-bond donors (Lipinski definition) is 2. The zero-order valence-electron chi connectivity index (χ0n) is 10.5. The van der Waals surface area contributed by atoms with Crippen LogP contribution in [-0.2, 0) is 11.3 Å². The Labute approximate surface area is 107 Å². The van der Waals surface area contributed by atoms with E-state index in [-0.39, 0.29) is 5.91 Å². The third-order valence-corrected chi connectivity index (χ3v) is 3.11. The molecule has 1 atom stereocenters. The molecule has 18 heavy (non-hydrogen) atoms. The molecule has 0 aliphatic rings. The predicted octanol–water partition coefficient (Wildman–Crippen LogP) is 2.19. The van der Waals surface area contributed by atoms with E-state index in [9.17, 15) is 4.79 Å². The SMILES string of the molecule is CCC(N)C(=O)NCc1cccc2ccccc12. The molecule has 0 radical (unpaired) electrons. The molecule has 0 bridgehead atoms. The molecular weight excluding hydrogens is 224 g/mol. The summed E-state index contributed by atoms with van der Waals surface area (Å²) in [6.07, 6.45) is 0.654. The molecular formula is C15H18N2O. The molecule has 0 aliphatic carbocycles. The summed E-state index contributed by atoms with van der Waals surface area (Å²) in [5.74, 6) is -0.0922. The fraction of sp³-hybridized carbons (Fsp3) is 0.267. The number of carbonyl (C=O) groups excluding carboxylic acids is 1. The number of nitrogens with two attached hydrogens (primary N) is 1. The minimum Gasteiger partial charge on any atom is -0.351 e. The van der Waals surface area contributed by atoms with Gasteiger partial charge in [0.25, 0.3) is 0 Å². The van der Waals surface area contributed by atoms with E-state index >= 15 is 0 Å². The van der Waals surface area contributed by atoms with Gasteiger partial charge in [0.1, 0.15) is 0 Å². The summed E-state index contributed by atoms with van der Waals surface area (Å²) in [4.78, 5) is 11.6. The Kier molecular flexibility index (Phi) is 3.95. The fourth-order valence-electron chi connectivity index (χ4n) is 1.95. The second-order valence-electron chi connectivity index (χ2n) is 4.37. The lowest BCUT2D eigenvalue weighted by Crippen LogP contribution is -2.39. The minimum absolute atomic E-state index is 0.0922. The molecule has 0 heterocycles. The maximum Gasteiger partial charge on any atom is 0.237 e. The zero-order chi connectivity index (χ0) is 13.0. The molecule has 3 heteroatoms. The lowest BCUT2D eigenvalue weighted by Gasteiger charge is -2.11. The fourth-order valence-corrected chi connectivity index (χ4v) is 1.95. The van der Waals surface area contributed by atoms with Gasteiger partial charge in [0.05, 0.1) is 6.04 Å². The van der Waals surface area contributed by atoms with E-state index in [0.29, 0.717) is 13.0 Å². The first kappa shape index (κ1) is 12.6. The standard InChI is InChI=1S/C15H18N2O/c1-2-14(16)15(18)17-10-12-8-5-7-11-6-3-4-9-13(11)12/h3-9,14H,2,10,16H2,1H3,(H,17,18). The Morgan fingerprint density at radius 3 is 2.72 bits per heavy atom. The van der Waals surface area contributed by atoms with E-state index in [1.54, 1.807) is 0 Å². The van der Waals surface area contributed by atoms with Crippen molar-refractivity contribution < 1.29 is 4.79 Å². The van der Waals surface area contributed by atoms with Crippen LogP contribution in [0.4, 0.5) is 0 Å². The van der Waals surface area contributed by atoms with Crippen molar-refractivity contribution in [3.8, 4) is 0 Å². The summed E-state index contributed by atoms with van der Waals surface area (Å²) < 4.78 is 0. The average molecular weight is 242 g/mol. The van der Waals surface area contributed by atoms with Gasteiger partial charge in [-0.3, -0.25) is 4.79 Å². The Hall–Kier alpha value is -1.87. The highest BCUT2D eigenvalue weighted by molar-refractivity contribution is 5.86. The van der Waals surface area contributed by atoms with Crippen LogP contribution < -0.4 is 11.1 Å². The Morgan fingerprint density at radius 2 is 1.94 bits per heavy atom. The van der Waals surface area contributed by atoms with Crippen LogP contribution in [0.1, 0.15) is 18.9 Å². The van der Waals surface area contributed by atoms with E-state index in [4.69, 9.17) is 5.73 Å². The smallest absolute Gasteiger partial charge is 0.237 e. The van der Waals surface area contributed by atoms with Gasteiger partial charge in [-0.25, -0.2) is 0 Å². The molecule has 94 valence electrons.